The number of aromatic amines is 1. The molecule has 1 aromatic carbocycles. The average molecular weight is 325 g/mol. The number of pyridine rings is 1. The number of aromatic nitrogens is 2. The van der Waals surface area contributed by atoms with Gasteiger partial charge in [-0.1, -0.05) is 35.5 Å². The summed E-state index contributed by atoms with van der Waals surface area (Å²) >= 11 is 0. The molecule has 2 heterocycles. The van der Waals surface area contributed by atoms with Gasteiger partial charge in [-0.25, -0.2) is 0 Å². The van der Waals surface area contributed by atoms with Gasteiger partial charge in [-0.3, -0.25) is 9.69 Å². The zero-order chi connectivity index (χ0) is 16.9. The molecule has 0 saturated heterocycles. The lowest BCUT2D eigenvalue weighted by Crippen LogP contribution is -2.19. The van der Waals surface area contributed by atoms with Crippen LogP contribution in [0.5, 0.6) is 5.75 Å². The fourth-order valence-electron chi connectivity index (χ4n) is 2.50. The molecule has 0 amide bonds. The molecular weight excluding hydrogens is 306 g/mol. The second kappa shape index (κ2) is 7.14. The van der Waals surface area contributed by atoms with Gasteiger partial charge in [0.05, 0.1) is 12.8 Å². The van der Waals surface area contributed by atoms with E-state index in [4.69, 9.17) is 9.26 Å². The first-order valence-corrected chi connectivity index (χ1v) is 7.61. The quantitative estimate of drug-likeness (QED) is 0.754. The van der Waals surface area contributed by atoms with Crippen LogP contribution in [0.15, 0.2) is 58.0 Å². The number of H-pyrrole nitrogens is 1. The molecule has 0 unspecified atom stereocenters. The van der Waals surface area contributed by atoms with Crippen molar-refractivity contribution in [1.29, 1.82) is 0 Å². The van der Waals surface area contributed by atoms with Crippen molar-refractivity contribution in [3.05, 3.63) is 70.3 Å². The highest BCUT2D eigenvalue weighted by atomic mass is 16.5. The highest BCUT2D eigenvalue weighted by Gasteiger charge is 2.10. The third-order valence-corrected chi connectivity index (χ3v) is 3.65. The first kappa shape index (κ1) is 16.0. The molecule has 1 N–H and O–H groups in total. The maximum Gasteiger partial charge on any atom is 0.223 e. The molecule has 124 valence electrons. The third kappa shape index (κ3) is 3.72. The Morgan fingerprint density at radius 2 is 2.00 bits per heavy atom. The molecule has 0 bridgehead atoms. The van der Waals surface area contributed by atoms with Crippen LogP contribution in [0.3, 0.4) is 0 Å². The molecule has 0 aliphatic carbocycles. The molecule has 6 nitrogen and oxygen atoms in total. The van der Waals surface area contributed by atoms with E-state index in [9.17, 15) is 4.79 Å². The maximum atomic E-state index is 11.8. The maximum absolute atomic E-state index is 11.8. The number of hydrogen-bond donors (Lipinski definition) is 1. The fourth-order valence-corrected chi connectivity index (χ4v) is 2.50. The van der Waals surface area contributed by atoms with Gasteiger partial charge in [0.2, 0.25) is 5.43 Å². The number of methoxy groups -OCH3 is 1. The van der Waals surface area contributed by atoms with Crippen LogP contribution in [0.1, 0.15) is 11.4 Å². The normalized spacial score (nSPS) is 11.0. The third-order valence-electron chi connectivity index (χ3n) is 3.65. The number of nitrogens with one attached hydrogen (secondary N) is 1. The van der Waals surface area contributed by atoms with Crippen LogP contribution in [-0.2, 0) is 13.1 Å². The highest BCUT2D eigenvalue weighted by molar-refractivity contribution is 5.56. The molecule has 0 fully saturated rings. The predicted octanol–water partition coefficient (Wildman–Crippen LogP) is 2.67. The number of nitrogens with zero attached hydrogens (tertiary/aromatic N) is 2. The number of benzene rings is 1. The largest absolute Gasteiger partial charge is 0.491 e. The van der Waals surface area contributed by atoms with Crippen molar-refractivity contribution in [2.45, 2.75) is 13.1 Å². The number of hydrogen-bond acceptors (Lipinski definition) is 5. The first-order valence-electron chi connectivity index (χ1n) is 7.61. The molecule has 24 heavy (non-hydrogen) atoms. The monoisotopic (exact) mass is 325 g/mol. The van der Waals surface area contributed by atoms with Crippen LogP contribution < -0.4 is 10.2 Å². The van der Waals surface area contributed by atoms with Crippen molar-refractivity contribution in [1.82, 2.24) is 15.0 Å². The van der Waals surface area contributed by atoms with E-state index in [-0.39, 0.29) is 5.43 Å². The summed E-state index contributed by atoms with van der Waals surface area (Å²) in [5, 5.41) is 4.11. The average Bonchev–Trinajstić information content (AvgIpc) is 3.04. The van der Waals surface area contributed by atoms with Crippen LogP contribution in [0.25, 0.3) is 11.3 Å². The van der Waals surface area contributed by atoms with E-state index in [1.165, 1.54) is 7.11 Å². The fraction of sp³-hybridized carbons (Fsp3) is 0.222. The molecule has 3 aromatic rings. The Bertz CT molecular complexity index is 855. The Kier molecular flexibility index (Phi) is 4.77. The smallest absolute Gasteiger partial charge is 0.223 e. The van der Waals surface area contributed by atoms with Crippen molar-refractivity contribution in [3.63, 3.8) is 0 Å². The van der Waals surface area contributed by atoms with E-state index in [1.54, 1.807) is 12.3 Å². The summed E-state index contributed by atoms with van der Waals surface area (Å²) in [5.41, 5.74) is 2.52. The summed E-state index contributed by atoms with van der Waals surface area (Å²) in [7, 11) is 3.44. The number of ether oxygens (including phenoxy) is 1. The molecule has 6 heteroatoms. The molecule has 2 aromatic heterocycles. The van der Waals surface area contributed by atoms with E-state index in [2.05, 4.69) is 10.1 Å². The second-order valence-electron chi connectivity index (χ2n) is 5.61. The van der Waals surface area contributed by atoms with Gasteiger partial charge in [0.15, 0.2) is 11.5 Å². The minimum Gasteiger partial charge on any atom is -0.491 e. The SMILES string of the molecule is COc1c[nH]c(CN(C)Cc2cc(-c3ccccc3)on2)cc1=O. The lowest BCUT2D eigenvalue weighted by Gasteiger charge is -2.14. The van der Waals surface area contributed by atoms with Crippen LogP contribution in [0.4, 0.5) is 0 Å². The van der Waals surface area contributed by atoms with Crippen molar-refractivity contribution in [3.8, 4) is 17.1 Å². The molecule has 0 saturated carbocycles. The predicted molar refractivity (Wildman–Crippen MR) is 90.7 cm³/mol. The summed E-state index contributed by atoms with van der Waals surface area (Å²) < 4.78 is 10.4. The minimum atomic E-state index is -0.132. The summed E-state index contributed by atoms with van der Waals surface area (Å²) in [6.07, 6.45) is 1.58. The van der Waals surface area contributed by atoms with Crippen molar-refractivity contribution in [2.75, 3.05) is 14.2 Å². The Morgan fingerprint density at radius 1 is 1.21 bits per heavy atom. The van der Waals surface area contributed by atoms with Crippen LogP contribution >= 0.6 is 0 Å². The van der Waals surface area contributed by atoms with Crippen LogP contribution in [-0.4, -0.2) is 29.2 Å². The summed E-state index contributed by atoms with van der Waals surface area (Å²) in [4.78, 5) is 16.9. The van der Waals surface area contributed by atoms with E-state index in [1.807, 2.05) is 48.3 Å². The molecule has 0 aliphatic heterocycles. The number of rotatable bonds is 6. The Balaban J connectivity index is 1.65. The Hall–Kier alpha value is -2.86. The lowest BCUT2D eigenvalue weighted by atomic mass is 10.1. The van der Waals surface area contributed by atoms with Gasteiger partial charge in [0, 0.05) is 42.7 Å². The van der Waals surface area contributed by atoms with Gasteiger partial charge in [0.1, 0.15) is 0 Å². The van der Waals surface area contributed by atoms with Crippen molar-refractivity contribution >= 4 is 0 Å². The first-order chi connectivity index (χ1) is 11.7. The molecule has 0 radical (unpaired) electrons. The van der Waals surface area contributed by atoms with E-state index in [0.717, 1.165) is 22.7 Å². The van der Waals surface area contributed by atoms with Gasteiger partial charge in [-0.15, -0.1) is 0 Å². The molecular formula is C18H19N3O3. The lowest BCUT2D eigenvalue weighted by molar-refractivity contribution is 0.300. The standard InChI is InChI=1S/C18H19N3O3/c1-21(11-14-8-16(22)18(23-2)10-19-14)12-15-9-17(24-20-15)13-6-4-3-5-7-13/h3-10H,11-12H2,1-2H3,(H,19,22). The molecule has 0 aliphatic rings. The van der Waals surface area contributed by atoms with Gasteiger partial charge >= 0.3 is 0 Å². The summed E-state index contributed by atoms with van der Waals surface area (Å²) in [5.74, 6) is 1.06. The van der Waals surface area contributed by atoms with Crippen molar-refractivity contribution < 1.29 is 9.26 Å². The summed E-state index contributed by atoms with van der Waals surface area (Å²) in [6, 6.07) is 13.3. The Morgan fingerprint density at radius 3 is 2.71 bits per heavy atom. The summed E-state index contributed by atoms with van der Waals surface area (Å²) in [6.45, 7) is 1.21. The van der Waals surface area contributed by atoms with Crippen LogP contribution in [0.2, 0.25) is 0 Å². The van der Waals surface area contributed by atoms with Gasteiger partial charge in [-0.2, -0.15) is 0 Å². The van der Waals surface area contributed by atoms with E-state index >= 15 is 0 Å². The van der Waals surface area contributed by atoms with E-state index < -0.39 is 0 Å². The molecule has 0 atom stereocenters. The zero-order valence-electron chi connectivity index (χ0n) is 13.7. The topological polar surface area (TPSA) is 71.4 Å². The van der Waals surface area contributed by atoms with Gasteiger partial charge in [0.25, 0.3) is 0 Å². The van der Waals surface area contributed by atoms with Gasteiger partial charge in [-0.05, 0) is 7.05 Å². The Labute approximate surface area is 139 Å². The van der Waals surface area contributed by atoms with E-state index in [0.29, 0.717) is 18.8 Å². The zero-order valence-corrected chi connectivity index (χ0v) is 13.7. The molecule has 0 spiro atoms. The van der Waals surface area contributed by atoms with Crippen molar-refractivity contribution in [2.24, 2.45) is 0 Å². The molecule has 3 rings (SSSR count). The highest BCUT2D eigenvalue weighted by Crippen LogP contribution is 2.20. The minimum absolute atomic E-state index is 0.132. The van der Waals surface area contributed by atoms with Gasteiger partial charge < -0.3 is 14.2 Å². The van der Waals surface area contributed by atoms with Crippen LogP contribution in [0, 0.1) is 0 Å². The second-order valence-corrected chi connectivity index (χ2v) is 5.61.